The van der Waals surface area contributed by atoms with E-state index < -0.39 is 29.1 Å². The van der Waals surface area contributed by atoms with Crippen molar-refractivity contribution in [1.29, 1.82) is 0 Å². The van der Waals surface area contributed by atoms with Crippen LogP contribution in [0.1, 0.15) is 23.3 Å². The van der Waals surface area contributed by atoms with Crippen LogP contribution >= 0.6 is 0 Å². The summed E-state index contributed by atoms with van der Waals surface area (Å²) in [6.07, 6.45) is 1.29. The number of esters is 1. The van der Waals surface area contributed by atoms with E-state index in [1.165, 1.54) is 17.9 Å². The number of ether oxygens (including phenoxy) is 3. The van der Waals surface area contributed by atoms with Gasteiger partial charge in [-0.1, -0.05) is 0 Å². The molecule has 1 aromatic carbocycles. The Labute approximate surface area is 135 Å². The molecule has 0 amide bonds. The van der Waals surface area contributed by atoms with Gasteiger partial charge < -0.3 is 18.8 Å². The van der Waals surface area contributed by atoms with Crippen LogP contribution in [0.15, 0.2) is 17.1 Å². The summed E-state index contributed by atoms with van der Waals surface area (Å²) >= 11 is 0. The van der Waals surface area contributed by atoms with Crippen molar-refractivity contribution in [1.82, 2.24) is 4.57 Å². The van der Waals surface area contributed by atoms with Crippen LogP contribution in [0.25, 0.3) is 10.9 Å². The summed E-state index contributed by atoms with van der Waals surface area (Å²) in [7, 11) is 1.48. The summed E-state index contributed by atoms with van der Waals surface area (Å²) in [5.41, 5.74) is -0.883. The molecule has 0 N–H and O–H groups in total. The molecule has 128 valence electrons. The molecule has 0 saturated heterocycles. The van der Waals surface area contributed by atoms with Crippen molar-refractivity contribution in [3.8, 4) is 5.75 Å². The quantitative estimate of drug-likeness (QED) is 0.798. The van der Waals surface area contributed by atoms with Gasteiger partial charge in [0.15, 0.2) is 11.6 Å². The fourth-order valence-electron chi connectivity index (χ4n) is 2.78. The summed E-state index contributed by atoms with van der Waals surface area (Å²) in [6.45, 7) is 1.92. The summed E-state index contributed by atoms with van der Waals surface area (Å²) in [4.78, 5) is 24.6. The Morgan fingerprint density at radius 1 is 1.46 bits per heavy atom. The van der Waals surface area contributed by atoms with E-state index in [2.05, 4.69) is 0 Å². The number of halogens is 2. The average molecular weight is 339 g/mol. The SMILES string of the molecule is CCOC(=O)c1cn2c3c(c(F)c(F)cc3c1=O)OCC2COC. The molecule has 0 spiro atoms. The van der Waals surface area contributed by atoms with E-state index in [4.69, 9.17) is 14.2 Å². The summed E-state index contributed by atoms with van der Waals surface area (Å²) in [5.74, 6) is -3.55. The van der Waals surface area contributed by atoms with Gasteiger partial charge in [0.05, 0.1) is 30.2 Å². The Bertz CT molecular complexity index is 877. The minimum absolute atomic E-state index is 0.0153. The molecule has 0 radical (unpaired) electrons. The smallest absolute Gasteiger partial charge is 0.343 e. The fourth-order valence-corrected chi connectivity index (χ4v) is 2.78. The lowest BCUT2D eigenvalue weighted by atomic mass is 10.1. The van der Waals surface area contributed by atoms with Crippen molar-refractivity contribution in [2.24, 2.45) is 0 Å². The first-order valence-corrected chi connectivity index (χ1v) is 7.35. The van der Waals surface area contributed by atoms with E-state index in [9.17, 15) is 18.4 Å². The number of methoxy groups -OCH3 is 1. The first-order chi connectivity index (χ1) is 11.5. The predicted octanol–water partition coefficient (Wildman–Crippen LogP) is 2.04. The van der Waals surface area contributed by atoms with Crippen LogP contribution in [0.4, 0.5) is 8.78 Å². The van der Waals surface area contributed by atoms with Crippen molar-refractivity contribution in [2.75, 3.05) is 26.9 Å². The van der Waals surface area contributed by atoms with Gasteiger partial charge in [-0.05, 0) is 13.0 Å². The number of carbonyl (C=O) groups is 1. The van der Waals surface area contributed by atoms with Gasteiger partial charge >= 0.3 is 5.97 Å². The standard InChI is InChI=1S/C16H15F2NO5/c1-3-23-16(21)10-5-19-8(6-22-2)7-24-15-12(18)11(17)4-9(13(15)19)14(10)20/h4-5,8H,3,6-7H2,1-2H3. The number of nitrogens with zero attached hydrogens (tertiary/aromatic N) is 1. The number of rotatable bonds is 4. The molecule has 1 atom stereocenters. The fraction of sp³-hybridized carbons (Fsp3) is 0.375. The maximum absolute atomic E-state index is 14.0. The third-order valence-corrected chi connectivity index (χ3v) is 3.83. The molecule has 1 aliphatic heterocycles. The summed E-state index contributed by atoms with van der Waals surface area (Å²) in [5, 5.41) is -0.143. The predicted molar refractivity (Wildman–Crippen MR) is 80.5 cm³/mol. The van der Waals surface area contributed by atoms with E-state index in [1.807, 2.05) is 0 Å². The third kappa shape index (κ3) is 2.43. The Morgan fingerprint density at radius 3 is 2.88 bits per heavy atom. The van der Waals surface area contributed by atoms with Crippen LogP contribution < -0.4 is 10.2 Å². The first-order valence-electron chi connectivity index (χ1n) is 7.35. The van der Waals surface area contributed by atoms with Crippen LogP contribution in [0, 0.1) is 11.6 Å². The van der Waals surface area contributed by atoms with Crippen LogP contribution in [0.3, 0.4) is 0 Å². The zero-order valence-corrected chi connectivity index (χ0v) is 13.1. The van der Waals surface area contributed by atoms with E-state index in [1.54, 1.807) is 6.92 Å². The molecule has 3 rings (SSSR count). The Hall–Kier alpha value is -2.48. The number of carbonyl (C=O) groups excluding carboxylic acids is 1. The molecule has 1 aliphatic rings. The Morgan fingerprint density at radius 2 is 2.21 bits per heavy atom. The van der Waals surface area contributed by atoms with Gasteiger partial charge in [0.1, 0.15) is 12.2 Å². The highest BCUT2D eigenvalue weighted by Gasteiger charge is 2.30. The average Bonchev–Trinajstić information content (AvgIpc) is 2.56. The molecule has 0 saturated carbocycles. The molecule has 0 fully saturated rings. The lowest BCUT2D eigenvalue weighted by molar-refractivity contribution is 0.0522. The van der Waals surface area contributed by atoms with Gasteiger partial charge in [0.25, 0.3) is 0 Å². The molecular weight excluding hydrogens is 324 g/mol. The zero-order valence-electron chi connectivity index (χ0n) is 13.1. The lowest BCUT2D eigenvalue weighted by Crippen LogP contribution is -2.31. The maximum atomic E-state index is 14.0. The van der Waals surface area contributed by atoms with Gasteiger partial charge in [-0.25, -0.2) is 9.18 Å². The number of hydrogen-bond donors (Lipinski definition) is 0. The molecule has 6 nitrogen and oxygen atoms in total. The monoisotopic (exact) mass is 339 g/mol. The Kier molecular flexibility index (Phi) is 4.23. The molecule has 0 bridgehead atoms. The second-order valence-electron chi connectivity index (χ2n) is 5.32. The normalized spacial score (nSPS) is 16.1. The van der Waals surface area contributed by atoms with Crippen LogP contribution in [-0.4, -0.2) is 37.5 Å². The molecule has 2 heterocycles. The van der Waals surface area contributed by atoms with E-state index >= 15 is 0 Å². The van der Waals surface area contributed by atoms with E-state index in [0.717, 1.165) is 6.07 Å². The second-order valence-corrected chi connectivity index (χ2v) is 5.32. The van der Waals surface area contributed by atoms with Gasteiger partial charge in [-0.15, -0.1) is 0 Å². The number of benzene rings is 1. The minimum Gasteiger partial charge on any atom is -0.486 e. The van der Waals surface area contributed by atoms with Crippen molar-refractivity contribution in [2.45, 2.75) is 13.0 Å². The molecule has 1 unspecified atom stereocenters. The Balaban J connectivity index is 2.37. The summed E-state index contributed by atoms with van der Waals surface area (Å²) in [6, 6.07) is 0.373. The second kappa shape index (κ2) is 6.20. The highest BCUT2D eigenvalue weighted by Crippen LogP contribution is 2.35. The minimum atomic E-state index is -1.22. The van der Waals surface area contributed by atoms with Crippen molar-refractivity contribution in [3.05, 3.63) is 39.7 Å². The van der Waals surface area contributed by atoms with Crippen LogP contribution in [0.5, 0.6) is 5.75 Å². The summed E-state index contributed by atoms with van der Waals surface area (Å²) < 4.78 is 44.6. The van der Waals surface area contributed by atoms with Gasteiger partial charge in [0, 0.05) is 13.3 Å². The first kappa shape index (κ1) is 16.4. The van der Waals surface area contributed by atoms with Gasteiger partial charge in [-0.3, -0.25) is 4.79 Å². The van der Waals surface area contributed by atoms with Crippen LogP contribution in [0.2, 0.25) is 0 Å². The highest BCUT2D eigenvalue weighted by molar-refractivity contribution is 5.95. The van der Waals surface area contributed by atoms with E-state index in [0.29, 0.717) is 0 Å². The highest BCUT2D eigenvalue weighted by atomic mass is 19.2. The molecular formula is C16H15F2NO5. The largest absolute Gasteiger partial charge is 0.486 e. The van der Waals surface area contributed by atoms with Gasteiger partial charge in [0.2, 0.25) is 11.2 Å². The molecule has 24 heavy (non-hydrogen) atoms. The van der Waals surface area contributed by atoms with Gasteiger partial charge in [-0.2, -0.15) is 4.39 Å². The number of aromatic nitrogens is 1. The molecule has 0 aliphatic carbocycles. The molecule has 2 aromatic rings. The van der Waals surface area contributed by atoms with Crippen molar-refractivity contribution >= 4 is 16.9 Å². The van der Waals surface area contributed by atoms with Crippen molar-refractivity contribution in [3.63, 3.8) is 0 Å². The number of pyridine rings is 1. The molecule has 1 aromatic heterocycles. The maximum Gasteiger partial charge on any atom is 0.343 e. The lowest BCUT2D eigenvalue weighted by Gasteiger charge is -2.29. The molecule has 8 heteroatoms. The number of hydrogen-bond acceptors (Lipinski definition) is 5. The van der Waals surface area contributed by atoms with Crippen molar-refractivity contribution < 1.29 is 27.8 Å². The van der Waals surface area contributed by atoms with Crippen LogP contribution in [-0.2, 0) is 9.47 Å². The topological polar surface area (TPSA) is 66.8 Å². The zero-order chi connectivity index (χ0) is 17.4. The van der Waals surface area contributed by atoms with E-state index in [-0.39, 0.29) is 42.0 Å². The third-order valence-electron chi connectivity index (χ3n) is 3.83.